The van der Waals surface area contributed by atoms with Crippen LogP contribution in [-0.2, 0) is 14.8 Å². The monoisotopic (exact) mass is 446 g/mol. The Kier molecular flexibility index (Phi) is 6.50. The number of ether oxygens (including phenoxy) is 2. The van der Waals surface area contributed by atoms with Crippen molar-refractivity contribution in [1.82, 2.24) is 5.32 Å². The first-order valence-electron chi connectivity index (χ1n) is 10.3. The van der Waals surface area contributed by atoms with Crippen LogP contribution in [0.4, 0.5) is 5.69 Å². The predicted molar refractivity (Wildman–Crippen MR) is 121 cm³/mol. The second kappa shape index (κ2) is 8.78. The lowest BCUT2D eigenvalue weighted by molar-refractivity contribution is -0.120. The quantitative estimate of drug-likeness (QED) is 0.702. The van der Waals surface area contributed by atoms with Gasteiger partial charge in [0.15, 0.2) is 0 Å². The van der Waals surface area contributed by atoms with E-state index >= 15 is 0 Å². The molecular formula is C23H30N2O5S. The van der Waals surface area contributed by atoms with Gasteiger partial charge in [0.25, 0.3) is 0 Å². The van der Waals surface area contributed by atoms with Gasteiger partial charge in [0.2, 0.25) is 15.9 Å². The Balaban J connectivity index is 1.81. The highest BCUT2D eigenvalue weighted by molar-refractivity contribution is 7.92. The first-order valence-corrected chi connectivity index (χ1v) is 12.1. The lowest BCUT2D eigenvalue weighted by Crippen LogP contribution is -2.45. The lowest BCUT2D eigenvalue weighted by Gasteiger charge is -2.38. The van der Waals surface area contributed by atoms with Crippen molar-refractivity contribution in [3.63, 3.8) is 0 Å². The van der Waals surface area contributed by atoms with Gasteiger partial charge in [0.1, 0.15) is 23.6 Å². The minimum atomic E-state index is -3.69. The van der Waals surface area contributed by atoms with E-state index in [0.29, 0.717) is 17.9 Å². The second-order valence-electron chi connectivity index (χ2n) is 8.66. The summed E-state index contributed by atoms with van der Waals surface area (Å²) in [7, 11) is -3.69. The van der Waals surface area contributed by atoms with E-state index in [2.05, 4.69) is 5.32 Å². The third-order valence-electron chi connectivity index (χ3n) is 4.88. The molecule has 3 rings (SSSR count). The van der Waals surface area contributed by atoms with Crippen molar-refractivity contribution in [2.75, 3.05) is 17.1 Å². The number of hydrogen-bond donors (Lipinski definition) is 1. The molecule has 0 spiro atoms. The lowest BCUT2D eigenvalue weighted by atomic mass is 9.89. The van der Waals surface area contributed by atoms with Crippen LogP contribution in [0.2, 0.25) is 0 Å². The Labute approximate surface area is 184 Å². The third-order valence-corrected chi connectivity index (χ3v) is 6.02. The fourth-order valence-corrected chi connectivity index (χ4v) is 4.53. The Morgan fingerprint density at radius 3 is 2.61 bits per heavy atom. The average Bonchev–Trinajstić information content (AvgIpc) is 2.64. The Bertz CT molecular complexity index is 1050. The van der Waals surface area contributed by atoms with Crippen LogP contribution < -0.4 is 19.1 Å². The highest BCUT2D eigenvalue weighted by Gasteiger charge is 2.35. The molecule has 1 aliphatic heterocycles. The molecule has 0 bridgehead atoms. The van der Waals surface area contributed by atoms with Gasteiger partial charge in [-0.3, -0.25) is 9.10 Å². The largest absolute Gasteiger partial charge is 0.491 e. The van der Waals surface area contributed by atoms with Crippen molar-refractivity contribution in [3.05, 3.63) is 54.1 Å². The van der Waals surface area contributed by atoms with E-state index in [1.807, 2.05) is 52.0 Å². The molecular weight excluding hydrogens is 416 g/mol. The molecule has 2 aromatic carbocycles. The van der Waals surface area contributed by atoms with Crippen molar-refractivity contribution in [2.24, 2.45) is 0 Å². The van der Waals surface area contributed by atoms with Crippen molar-refractivity contribution in [3.8, 4) is 11.5 Å². The predicted octanol–water partition coefficient (Wildman–Crippen LogP) is 3.66. The summed E-state index contributed by atoms with van der Waals surface area (Å²) in [5.41, 5.74) is 0.808. The molecule has 0 aromatic heterocycles. The number of carbonyl (C=O) groups is 1. The summed E-state index contributed by atoms with van der Waals surface area (Å²) in [6.45, 7) is 7.38. The number of para-hydroxylation sites is 1. The summed E-state index contributed by atoms with van der Waals surface area (Å²) >= 11 is 0. The minimum Gasteiger partial charge on any atom is -0.491 e. The molecule has 8 heteroatoms. The molecule has 2 aromatic rings. The molecule has 0 saturated heterocycles. The Morgan fingerprint density at radius 1 is 1.23 bits per heavy atom. The van der Waals surface area contributed by atoms with Crippen LogP contribution >= 0.6 is 0 Å². The molecule has 1 N–H and O–H groups in total. The van der Waals surface area contributed by atoms with E-state index in [4.69, 9.17) is 9.47 Å². The van der Waals surface area contributed by atoms with Gasteiger partial charge in [-0.15, -0.1) is 0 Å². The summed E-state index contributed by atoms with van der Waals surface area (Å²) in [4.78, 5) is 12.9. The van der Waals surface area contributed by atoms with Crippen LogP contribution in [0.15, 0.2) is 48.5 Å². The third kappa shape index (κ3) is 5.91. The number of anilines is 1. The Hall–Kier alpha value is -2.74. The molecule has 7 nitrogen and oxygen atoms in total. The highest BCUT2D eigenvalue weighted by Crippen LogP contribution is 2.39. The van der Waals surface area contributed by atoms with Gasteiger partial charge < -0.3 is 14.8 Å². The summed E-state index contributed by atoms with van der Waals surface area (Å²) in [5, 5.41) is 2.99. The number of hydrogen-bond acceptors (Lipinski definition) is 5. The molecule has 1 unspecified atom stereocenters. The molecule has 0 saturated carbocycles. The molecule has 0 aliphatic carbocycles. The summed E-state index contributed by atoms with van der Waals surface area (Å²) in [6.07, 6.45) is 1.61. The maximum Gasteiger partial charge on any atom is 0.241 e. The molecule has 0 fully saturated rings. The number of amides is 1. The zero-order valence-corrected chi connectivity index (χ0v) is 19.4. The van der Waals surface area contributed by atoms with E-state index in [9.17, 15) is 13.2 Å². The SMILES string of the molecule is CC(C)Oc1cccc(N(CC(=O)NC2CC(C)(C)Oc3ccccc32)S(C)(=O)=O)c1. The van der Waals surface area contributed by atoms with Gasteiger partial charge in [0.05, 0.1) is 24.1 Å². The fraction of sp³-hybridized carbons (Fsp3) is 0.435. The standard InChI is InChI=1S/C23H30N2O5S/c1-16(2)29-18-10-8-9-17(13-18)25(31(5,27)28)15-22(26)24-20-14-23(3,4)30-21-12-7-6-11-19(20)21/h6-13,16,20H,14-15H2,1-5H3,(H,24,26). The Morgan fingerprint density at radius 2 is 1.94 bits per heavy atom. The second-order valence-corrected chi connectivity index (χ2v) is 10.6. The maximum atomic E-state index is 12.9. The van der Waals surface area contributed by atoms with Crippen molar-refractivity contribution in [1.29, 1.82) is 0 Å². The van der Waals surface area contributed by atoms with Gasteiger partial charge in [-0.1, -0.05) is 24.3 Å². The number of fused-ring (bicyclic) bond motifs is 1. The van der Waals surface area contributed by atoms with E-state index in [-0.39, 0.29) is 18.7 Å². The molecule has 168 valence electrons. The topological polar surface area (TPSA) is 84.9 Å². The first-order chi connectivity index (χ1) is 14.4. The average molecular weight is 447 g/mol. The number of benzene rings is 2. The number of nitrogens with one attached hydrogen (secondary N) is 1. The fourth-order valence-electron chi connectivity index (χ4n) is 3.69. The molecule has 1 amide bonds. The van der Waals surface area contributed by atoms with E-state index in [0.717, 1.165) is 21.9 Å². The van der Waals surface area contributed by atoms with Gasteiger partial charge in [0, 0.05) is 18.1 Å². The zero-order valence-electron chi connectivity index (χ0n) is 18.6. The minimum absolute atomic E-state index is 0.0535. The number of nitrogens with zero attached hydrogens (tertiary/aromatic N) is 1. The van der Waals surface area contributed by atoms with Gasteiger partial charge >= 0.3 is 0 Å². The molecule has 1 heterocycles. The molecule has 1 atom stereocenters. The van der Waals surface area contributed by atoms with Crippen LogP contribution in [0.3, 0.4) is 0 Å². The zero-order chi connectivity index (χ0) is 22.8. The van der Waals surface area contributed by atoms with Crippen LogP contribution in [-0.4, -0.2) is 38.8 Å². The molecule has 0 radical (unpaired) electrons. The van der Waals surface area contributed by atoms with Crippen LogP contribution in [0, 0.1) is 0 Å². The smallest absolute Gasteiger partial charge is 0.241 e. The van der Waals surface area contributed by atoms with Crippen molar-refractivity contribution in [2.45, 2.75) is 51.9 Å². The van der Waals surface area contributed by atoms with E-state index in [1.54, 1.807) is 24.3 Å². The van der Waals surface area contributed by atoms with Gasteiger partial charge in [-0.05, 0) is 45.9 Å². The van der Waals surface area contributed by atoms with Gasteiger partial charge in [-0.25, -0.2) is 8.42 Å². The summed E-state index contributed by atoms with van der Waals surface area (Å²) < 4.78 is 37.7. The normalized spacial score (nSPS) is 17.4. The first kappa shape index (κ1) is 22.9. The van der Waals surface area contributed by atoms with E-state index < -0.39 is 21.5 Å². The maximum absolute atomic E-state index is 12.9. The van der Waals surface area contributed by atoms with Crippen LogP contribution in [0.25, 0.3) is 0 Å². The van der Waals surface area contributed by atoms with Gasteiger partial charge in [-0.2, -0.15) is 0 Å². The summed E-state index contributed by atoms with van der Waals surface area (Å²) in [5.74, 6) is 0.877. The van der Waals surface area contributed by atoms with Crippen LogP contribution in [0.1, 0.15) is 45.7 Å². The van der Waals surface area contributed by atoms with Crippen molar-refractivity contribution >= 4 is 21.6 Å². The number of rotatable bonds is 7. The summed E-state index contributed by atoms with van der Waals surface area (Å²) in [6, 6.07) is 14.0. The molecule has 1 aliphatic rings. The number of sulfonamides is 1. The highest BCUT2D eigenvalue weighted by atomic mass is 32.2. The van der Waals surface area contributed by atoms with Crippen molar-refractivity contribution < 1.29 is 22.7 Å². The molecule has 31 heavy (non-hydrogen) atoms. The number of carbonyl (C=O) groups excluding carboxylic acids is 1. The van der Waals surface area contributed by atoms with Crippen LogP contribution in [0.5, 0.6) is 11.5 Å². The van der Waals surface area contributed by atoms with E-state index in [1.165, 1.54) is 0 Å².